The highest BCUT2D eigenvalue weighted by Crippen LogP contribution is 2.31. The number of nitrogens with zero attached hydrogens (tertiary/aromatic N) is 2. The second-order valence-electron chi connectivity index (χ2n) is 4.91. The van der Waals surface area contributed by atoms with Crippen LogP contribution in [0.2, 0.25) is 0 Å². The van der Waals surface area contributed by atoms with Crippen molar-refractivity contribution in [3.05, 3.63) is 29.6 Å². The molecule has 0 amide bonds. The summed E-state index contributed by atoms with van der Waals surface area (Å²) in [6.07, 6.45) is 0.236. The van der Waals surface area contributed by atoms with E-state index in [2.05, 4.69) is 4.98 Å². The first kappa shape index (κ1) is 14.8. The predicted molar refractivity (Wildman–Crippen MR) is 86.8 cm³/mol. The minimum absolute atomic E-state index is 0.224. The van der Waals surface area contributed by atoms with Gasteiger partial charge in [-0.3, -0.25) is 9.20 Å². The van der Waals surface area contributed by atoms with E-state index in [0.717, 1.165) is 32.3 Å². The lowest BCUT2D eigenvalue weighted by molar-refractivity contribution is -0.142. The van der Waals surface area contributed by atoms with Gasteiger partial charge in [-0.1, -0.05) is 11.3 Å². The molecule has 0 unspecified atom stereocenters. The second-order valence-corrected chi connectivity index (χ2v) is 5.92. The molecule has 3 rings (SSSR count). The fraction of sp³-hybridized carbons (Fsp3) is 0.375. The van der Waals surface area contributed by atoms with E-state index in [1.807, 2.05) is 43.4 Å². The van der Waals surface area contributed by atoms with Crippen molar-refractivity contribution >= 4 is 32.5 Å². The summed E-state index contributed by atoms with van der Waals surface area (Å²) in [4.78, 5) is 17.3. The molecular weight excluding hydrogens is 300 g/mol. The van der Waals surface area contributed by atoms with E-state index in [-0.39, 0.29) is 12.4 Å². The molecule has 1 aromatic carbocycles. The van der Waals surface area contributed by atoms with Crippen LogP contribution in [0.25, 0.3) is 15.2 Å². The van der Waals surface area contributed by atoms with Gasteiger partial charge in [0.05, 0.1) is 41.2 Å². The first-order chi connectivity index (χ1) is 10.6. The molecule has 0 spiro atoms. The second kappa shape index (κ2) is 5.96. The highest BCUT2D eigenvalue weighted by atomic mass is 32.1. The number of imidazole rings is 1. The molecule has 0 N–H and O–H groups in total. The number of aromatic nitrogens is 2. The van der Waals surface area contributed by atoms with Crippen LogP contribution in [0.3, 0.4) is 0 Å². The van der Waals surface area contributed by atoms with Gasteiger partial charge in [-0.05, 0) is 39.0 Å². The molecule has 0 aliphatic carbocycles. The summed E-state index contributed by atoms with van der Waals surface area (Å²) < 4.78 is 13.7. The number of esters is 1. The van der Waals surface area contributed by atoms with Crippen LogP contribution in [0.15, 0.2) is 18.2 Å². The van der Waals surface area contributed by atoms with Crippen LogP contribution in [0.4, 0.5) is 0 Å². The van der Waals surface area contributed by atoms with Gasteiger partial charge in [0.25, 0.3) is 0 Å². The number of carbonyl (C=O) groups is 1. The van der Waals surface area contributed by atoms with Crippen molar-refractivity contribution in [2.45, 2.75) is 27.2 Å². The zero-order valence-corrected chi connectivity index (χ0v) is 13.7. The molecule has 0 radical (unpaired) electrons. The third kappa shape index (κ3) is 2.54. The molecule has 0 aliphatic heterocycles. The topological polar surface area (TPSA) is 52.8 Å². The molecule has 6 heteroatoms. The first-order valence-corrected chi connectivity index (χ1v) is 8.14. The number of hydrogen-bond acceptors (Lipinski definition) is 5. The molecule has 0 bridgehead atoms. The summed E-state index contributed by atoms with van der Waals surface area (Å²) in [6.45, 7) is 6.73. The van der Waals surface area contributed by atoms with Gasteiger partial charge >= 0.3 is 5.97 Å². The van der Waals surface area contributed by atoms with Crippen LogP contribution >= 0.6 is 11.3 Å². The zero-order valence-electron chi connectivity index (χ0n) is 12.9. The van der Waals surface area contributed by atoms with Crippen molar-refractivity contribution in [2.75, 3.05) is 13.2 Å². The van der Waals surface area contributed by atoms with Crippen LogP contribution in [0.5, 0.6) is 5.75 Å². The summed E-state index contributed by atoms with van der Waals surface area (Å²) in [5.74, 6) is 0.626. The maximum atomic E-state index is 11.8. The number of hydrogen-bond donors (Lipinski definition) is 0. The predicted octanol–water partition coefficient (Wildman–Crippen LogP) is 3.36. The van der Waals surface area contributed by atoms with E-state index in [4.69, 9.17) is 9.47 Å². The Morgan fingerprint density at radius 2 is 2.14 bits per heavy atom. The normalized spacial score (nSPS) is 11.2. The molecule has 0 aliphatic rings. The lowest BCUT2D eigenvalue weighted by atomic mass is 10.2. The van der Waals surface area contributed by atoms with Crippen LogP contribution in [-0.4, -0.2) is 28.6 Å². The van der Waals surface area contributed by atoms with Gasteiger partial charge in [0.1, 0.15) is 5.75 Å². The van der Waals surface area contributed by atoms with Crippen molar-refractivity contribution in [3.8, 4) is 5.75 Å². The summed E-state index contributed by atoms with van der Waals surface area (Å²) in [5, 5.41) is 0. The number of aryl methyl sites for hydroxylation is 1. The SMILES string of the molecule is CCOC(=O)Cc1c(C)nc2sc3cc(OCC)ccc3n12. The standard InChI is InChI=1S/C16H18N2O3S/c1-4-20-11-6-7-12-14(8-11)22-16-17-10(3)13(18(12)16)9-15(19)21-5-2/h6-8H,4-5,9H2,1-3H3. The lowest BCUT2D eigenvalue weighted by Crippen LogP contribution is -2.10. The fourth-order valence-corrected chi connectivity index (χ4v) is 3.64. The van der Waals surface area contributed by atoms with E-state index < -0.39 is 0 Å². The maximum absolute atomic E-state index is 11.8. The van der Waals surface area contributed by atoms with Gasteiger partial charge < -0.3 is 9.47 Å². The lowest BCUT2D eigenvalue weighted by Gasteiger charge is -2.04. The number of ether oxygens (including phenoxy) is 2. The minimum atomic E-state index is -0.224. The van der Waals surface area contributed by atoms with Gasteiger partial charge in [-0.2, -0.15) is 0 Å². The first-order valence-electron chi connectivity index (χ1n) is 7.33. The molecule has 2 aromatic heterocycles. The molecule has 0 fully saturated rings. The highest BCUT2D eigenvalue weighted by molar-refractivity contribution is 7.23. The van der Waals surface area contributed by atoms with Gasteiger partial charge in [0, 0.05) is 0 Å². The molecule has 3 aromatic rings. The van der Waals surface area contributed by atoms with Crippen molar-refractivity contribution in [2.24, 2.45) is 0 Å². The smallest absolute Gasteiger partial charge is 0.311 e. The van der Waals surface area contributed by atoms with Crippen molar-refractivity contribution < 1.29 is 14.3 Å². The van der Waals surface area contributed by atoms with Gasteiger partial charge in [-0.25, -0.2) is 4.98 Å². The molecular formula is C16H18N2O3S. The molecule has 116 valence electrons. The van der Waals surface area contributed by atoms with E-state index in [9.17, 15) is 4.79 Å². The Hall–Kier alpha value is -2.08. The number of thiazole rings is 1. The molecule has 0 saturated carbocycles. The Bertz CT molecular complexity index is 835. The Kier molecular flexibility index (Phi) is 4.02. The summed E-state index contributed by atoms with van der Waals surface area (Å²) in [5.41, 5.74) is 2.81. The van der Waals surface area contributed by atoms with Crippen LogP contribution < -0.4 is 4.74 Å². The van der Waals surface area contributed by atoms with E-state index in [1.54, 1.807) is 11.3 Å². The van der Waals surface area contributed by atoms with Gasteiger partial charge in [-0.15, -0.1) is 0 Å². The molecule has 0 atom stereocenters. The van der Waals surface area contributed by atoms with E-state index >= 15 is 0 Å². The molecule has 22 heavy (non-hydrogen) atoms. The minimum Gasteiger partial charge on any atom is -0.494 e. The third-order valence-electron chi connectivity index (χ3n) is 3.44. The summed E-state index contributed by atoms with van der Waals surface area (Å²) in [6, 6.07) is 5.97. The zero-order chi connectivity index (χ0) is 15.7. The number of fused-ring (bicyclic) bond motifs is 3. The quantitative estimate of drug-likeness (QED) is 0.677. The summed E-state index contributed by atoms with van der Waals surface area (Å²) in [7, 11) is 0. The Morgan fingerprint density at radius 3 is 2.86 bits per heavy atom. The molecule has 0 saturated heterocycles. The Labute approximate surface area is 132 Å². The van der Waals surface area contributed by atoms with Gasteiger partial charge in [0.15, 0.2) is 4.96 Å². The van der Waals surface area contributed by atoms with Gasteiger partial charge in [0.2, 0.25) is 0 Å². The van der Waals surface area contributed by atoms with Crippen molar-refractivity contribution in [3.63, 3.8) is 0 Å². The van der Waals surface area contributed by atoms with E-state index in [0.29, 0.717) is 13.2 Å². The molecule has 5 nitrogen and oxygen atoms in total. The number of rotatable bonds is 5. The Morgan fingerprint density at radius 1 is 1.32 bits per heavy atom. The number of benzene rings is 1. The van der Waals surface area contributed by atoms with Crippen LogP contribution in [0.1, 0.15) is 25.2 Å². The third-order valence-corrected chi connectivity index (χ3v) is 4.45. The van der Waals surface area contributed by atoms with Crippen molar-refractivity contribution in [1.82, 2.24) is 9.38 Å². The average molecular weight is 318 g/mol. The largest absolute Gasteiger partial charge is 0.494 e. The van der Waals surface area contributed by atoms with Crippen LogP contribution in [-0.2, 0) is 16.0 Å². The van der Waals surface area contributed by atoms with Crippen molar-refractivity contribution in [1.29, 1.82) is 0 Å². The van der Waals surface area contributed by atoms with E-state index in [1.165, 1.54) is 0 Å². The number of carbonyl (C=O) groups excluding carboxylic acids is 1. The maximum Gasteiger partial charge on any atom is 0.311 e. The average Bonchev–Trinajstić information content (AvgIpc) is 2.95. The summed E-state index contributed by atoms with van der Waals surface area (Å²) >= 11 is 1.60. The molecule has 2 heterocycles. The fourth-order valence-electron chi connectivity index (χ4n) is 2.52. The Balaban J connectivity index is 2.09. The monoisotopic (exact) mass is 318 g/mol. The highest BCUT2D eigenvalue weighted by Gasteiger charge is 2.17. The van der Waals surface area contributed by atoms with Crippen LogP contribution in [0, 0.1) is 6.92 Å².